The minimum atomic E-state index is -0.120. The molecule has 0 radical (unpaired) electrons. The van der Waals surface area contributed by atoms with Gasteiger partial charge in [0.15, 0.2) is 11.5 Å². The van der Waals surface area contributed by atoms with Crippen LogP contribution in [0.25, 0.3) is 0 Å². The van der Waals surface area contributed by atoms with Gasteiger partial charge in [0, 0.05) is 17.8 Å². The number of carbonyl (C=O) groups excluding carboxylic acids is 1. The Morgan fingerprint density at radius 2 is 1.83 bits per heavy atom. The summed E-state index contributed by atoms with van der Waals surface area (Å²) in [6.45, 7) is 0.645. The Hall–Kier alpha value is -2.95. The van der Waals surface area contributed by atoms with E-state index < -0.39 is 0 Å². The lowest BCUT2D eigenvalue weighted by Gasteiger charge is -2.32. The molecule has 2 aromatic carbocycles. The second kappa shape index (κ2) is 7.82. The van der Waals surface area contributed by atoms with Crippen LogP contribution in [0.3, 0.4) is 0 Å². The molecule has 0 aromatic heterocycles. The topological polar surface area (TPSA) is 59.0 Å². The average molecular weight is 393 g/mol. The number of anilines is 1. The van der Waals surface area contributed by atoms with E-state index in [4.69, 9.17) is 9.47 Å². The zero-order valence-corrected chi connectivity index (χ0v) is 17.0. The molecule has 0 fully saturated rings. The molecule has 1 aliphatic heterocycles. The highest BCUT2D eigenvalue weighted by Gasteiger charge is 2.35. The number of phenols is 1. The summed E-state index contributed by atoms with van der Waals surface area (Å²) >= 11 is 0. The van der Waals surface area contributed by atoms with Crippen LogP contribution in [0.4, 0.5) is 5.69 Å². The van der Waals surface area contributed by atoms with Crippen molar-refractivity contribution < 1.29 is 19.4 Å². The molecule has 2 aromatic rings. The van der Waals surface area contributed by atoms with E-state index in [0.717, 1.165) is 31.4 Å². The van der Waals surface area contributed by atoms with Gasteiger partial charge in [0.25, 0.3) is 5.91 Å². The Bertz CT molecular complexity index is 927. The lowest BCUT2D eigenvalue weighted by molar-refractivity contribution is 0.0984. The summed E-state index contributed by atoms with van der Waals surface area (Å²) in [6, 6.07) is 11.3. The van der Waals surface area contributed by atoms with E-state index >= 15 is 0 Å². The molecule has 5 heteroatoms. The Morgan fingerprint density at radius 3 is 2.48 bits per heavy atom. The molecule has 0 saturated heterocycles. The van der Waals surface area contributed by atoms with Gasteiger partial charge in [0.05, 0.1) is 14.2 Å². The maximum atomic E-state index is 13.5. The number of carbonyl (C=O) groups is 1. The summed E-state index contributed by atoms with van der Waals surface area (Å²) in [4.78, 5) is 15.4. The standard InChI is InChI=1S/C24H27NO4/c1-28-20-14-18(15-21(29-2)22(20)26)23(27)25-13-12-24(10-6-3-7-11-24)16-17-8-4-5-9-19(17)25/h4-6,8-10,14-15,26H,3,7,11-13,16H2,1-2H3. The van der Waals surface area contributed by atoms with Gasteiger partial charge in [-0.2, -0.15) is 0 Å². The number of allylic oxidation sites excluding steroid dienone is 2. The van der Waals surface area contributed by atoms with Crippen molar-refractivity contribution in [2.75, 3.05) is 25.7 Å². The first kappa shape index (κ1) is 19.4. The maximum absolute atomic E-state index is 13.5. The molecule has 4 rings (SSSR count). The number of hydrogen-bond donors (Lipinski definition) is 1. The quantitative estimate of drug-likeness (QED) is 0.766. The zero-order chi connectivity index (χ0) is 20.4. The normalized spacial score (nSPS) is 20.8. The number of benzene rings is 2. The average Bonchev–Trinajstić information content (AvgIpc) is 2.90. The summed E-state index contributed by atoms with van der Waals surface area (Å²) in [5.41, 5.74) is 2.71. The van der Waals surface area contributed by atoms with Crippen LogP contribution >= 0.6 is 0 Å². The van der Waals surface area contributed by atoms with Gasteiger partial charge in [-0.05, 0) is 61.3 Å². The summed E-state index contributed by atoms with van der Waals surface area (Å²) in [5.74, 6) is 0.227. The fraction of sp³-hybridized carbons (Fsp3) is 0.375. The van der Waals surface area contributed by atoms with Crippen molar-refractivity contribution >= 4 is 11.6 Å². The first-order chi connectivity index (χ1) is 14.1. The van der Waals surface area contributed by atoms with E-state index in [9.17, 15) is 9.90 Å². The fourth-order valence-electron chi connectivity index (χ4n) is 4.57. The molecular weight excluding hydrogens is 366 g/mol. The van der Waals surface area contributed by atoms with Gasteiger partial charge >= 0.3 is 0 Å². The van der Waals surface area contributed by atoms with Crippen molar-refractivity contribution in [1.29, 1.82) is 0 Å². The molecule has 1 aliphatic carbocycles. The van der Waals surface area contributed by atoms with Gasteiger partial charge in [-0.1, -0.05) is 30.4 Å². The molecular formula is C24H27NO4. The van der Waals surface area contributed by atoms with Gasteiger partial charge in [-0.3, -0.25) is 4.79 Å². The third-order valence-corrected chi connectivity index (χ3v) is 6.15. The minimum absolute atomic E-state index is 0.103. The number of fused-ring (bicyclic) bond motifs is 1. The molecule has 1 heterocycles. The van der Waals surface area contributed by atoms with E-state index in [2.05, 4.69) is 18.2 Å². The van der Waals surface area contributed by atoms with Crippen LogP contribution in [-0.4, -0.2) is 31.8 Å². The Kier molecular flexibility index (Phi) is 5.22. The van der Waals surface area contributed by atoms with E-state index in [1.54, 1.807) is 12.1 Å². The number of hydrogen-bond acceptors (Lipinski definition) is 4. The molecule has 0 saturated carbocycles. The van der Waals surface area contributed by atoms with Gasteiger partial charge < -0.3 is 19.5 Å². The fourth-order valence-corrected chi connectivity index (χ4v) is 4.57. The maximum Gasteiger partial charge on any atom is 0.258 e. The number of methoxy groups -OCH3 is 2. The predicted octanol–water partition coefficient (Wildman–Crippen LogP) is 4.73. The second-order valence-corrected chi connectivity index (χ2v) is 7.90. The van der Waals surface area contributed by atoms with Crippen LogP contribution in [0.2, 0.25) is 0 Å². The van der Waals surface area contributed by atoms with Crippen molar-refractivity contribution in [3.63, 3.8) is 0 Å². The van der Waals surface area contributed by atoms with Crippen molar-refractivity contribution in [2.24, 2.45) is 5.41 Å². The number of phenolic OH excluding ortho intramolecular Hbond substituents is 1. The first-order valence-corrected chi connectivity index (χ1v) is 10.1. The third kappa shape index (κ3) is 3.57. The van der Waals surface area contributed by atoms with Crippen LogP contribution in [0.1, 0.15) is 41.6 Å². The number of ether oxygens (including phenoxy) is 2. The predicted molar refractivity (Wildman–Crippen MR) is 113 cm³/mol. The Balaban J connectivity index is 1.74. The number of nitrogens with zero attached hydrogens (tertiary/aromatic N) is 1. The summed E-state index contributed by atoms with van der Waals surface area (Å²) in [7, 11) is 2.92. The van der Waals surface area contributed by atoms with E-state index in [0.29, 0.717) is 12.1 Å². The molecule has 2 aliphatic rings. The lowest BCUT2D eigenvalue weighted by Crippen LogP contribution is -2.33. The summed E-state index contributed by atoms with van der Waals surface area (Å²) < 4.78 is 10.5. The smallest absolute Gasteiger partial charge is 0.258 e. The molecule has 29 heavy (non-hydrogen) atoms. The van der Waals surface area contributed by atoms with Crippen molar-refractivity contribution in [1.82, 2.24) is 0 Å². The van der Waals surface area contributed by atoms with E-state index in [1.165, 1.54) is 26.2 Å². The number of aromatic hydroxyl groups is 1. The van der Waals surface area contributed by atoms with E-state index in [-0.39, 0.29) is 28.6 Å². The van der Waals surface area contributed by atoms with Crippen molar-refractivity contribution in [2.45, 2.75) is 32.1 Å². The van der Waals surface area contributed by atoms with Crippen LogP contribution in [0.5, 0.6) is 17.2 Å². The number of rotatable bonds is 3. The van der Waals surface area contributed by atoms with Crippen LogP contribution in [0, 0.1) is 5.41 Å². The molecule has 1 unspecified atom stereocenters. The Labute approximate surface area is 171 Å². The molecule has 1 amide bonds. The summed E-state index contributed by atoms with van der Waals surface area (Å²) in [6.07, 6.45) is 10.0. The molecule has 1 N–H and O–H groups in total. The highest BCUT2D eigenvalue weighted by molar-refractivity contribution is 6.07. The van der Waals surface area contributed by atoms with Crippen molar-refractivity contribution in [3.8, 4) is 17.2 Å². The van der Waals surface area contributed by atoms with Gasteiger partial charge in [0.2, 0.25) is 5.75 Å². The van der Waals surface area contributed by atoms with Gasteiger partial charge in [-0.25, -0.2) is 0 Å². The zero-order valence-electron chi connectivity index (χ0n) is 17.0. The molecule has 1 atom stereocenters. The first-order valence-electron chi connectivity index (χ1n) is 10.1. The second-order valence-electron chi connectivity index (χ2n) is 7.90. The number of amides is 1. The van der Waals surface area contributed by atoms with E-state index in [1.807, 2.05) is 23.1 Å². The highest BCUT2D eigenvalue weighted by atomic mass is 16.5. The van der Waals surface area contributed by atoms with Crippen LogP contribution < -0.4 is 14.4 Å². The van der Waals surface area contributed by atoms with Gasteiger partial charge in [-0.15, -0.1) is 0 Å². The Morgan fingerprint density at radius 1 is 1.10 bits per heavy atom. The SMILES string of the molecule is COc1cc(C(=O)N2CCC3(C=CCCC3)Cc3ccccc32)cc(OC)c1O. The molecule has 0 bridgehead atoms. The molecule has 5 nitrogen and oxygen atoms in total. The lowest BCUT2D eigenvalue weighted by atomic mass is 9.72. The monoisotopic (exact) mass is 393 g/mol. The molecule has 152 valence electrons. The third-order valence-electron chi connectivity index (χ3n) is 6.15. The largest absolute Gasteiger partial charge is 0.502 e. The summed E-state index contributed by atoms with van der Waals surface area (Å²) in [5, 5.41) is 10.2. The molecule has 1 spiro atoms. The number of para-hydroxylation sites is 1. The highest BCUT2D eigenvalue weighted by Crippen LogP contribution is 2.44. The van der Waals surface area contributed by atoms with Crippen LogP contribution in [-0.2, 0) is 6.42 Å². The van der Waals surface area contributed by atoms with Crippen LogP contribution in [0.15, 0.2) is 48.6 Å². The minimum Gasteiger partial charge on any atom is -0.502 e. The van der Waals surface area contributed by atoms with Gasteiger partial charge in [0.1, 0.15) is 0 Å². The van der Waals surface area contributed by atoms with Crippen molar-refractivity contribution in [3.05, 3.63) is 59.7 Å².